The third-order valence-corrected chi connectivity index (χ3v) is 8.49. The number of alkyl halides is 2. The number of likely N-dealkylation sites (tertiary alicyclic amines) is 1. The van der Waals surface area contributed by atoms with Crippen LogP contribution in [0.25, 0.3) is 0 Å². The molecule has 0 spiro atoms. The lowest BCUT2D eigenvalue weighted by Gasteiger charge is -2.40. The fourth-order valence-electron chi connectivity index (χ4n) is 5.04. The maximum atomic E-state index is 14.7. The Kier molecular flexibility index (Phi) is 12.0. The summed E-state index contributed by atoms with van der Waals surface area (Å²) in [5.74, 6) is 2.91. The van der Waals surface area contributed by atoms with Crippen LogP contribution in [0.1, 0.15) is 74.6 Å². The number of aliphatic hydroxyl groups is 2. The lowest BCUT2D eigenvalue weighted by atomic mass is 9.85. The van der Waals surface area contributed by atoms with E-state index < -0.39 is 18.1 Å². The summed E-state index contributed by atoms with van der Waals surface area (Å²) in [6.07, 6.45) is 4.76. The van der Waals surface area contributed by atoms with Crippen LogP contribution in [-0.4, -0.2) is 77.1 Å². The van der Waals surface area contributed by atoms with Crippen LogP contribution in [0.2, 0.25) is 0 Å². The van der Waals surface area contributed by atoms with Crippen molar-refractivity contribution < 1.29 is 23.7 Å². The summed E-state index contributed by atoms with van der Waals surface area (Å²) in [6, 6.07) is 2.57. The van der Waals surface area contributed by atoms with Gasteiger partial charge in [-0.15, -0.1) is 11.3 Å². The predicted molar refractivity (Wildman–Crippen MR) is 142 cm³/mol. The molecule has 0 radical (unpaired) electrons. The van der Waals surface area contributed by atoms with Gasteiger partial charge < -0.3 is 25.7 Å². The first-order valence-electron chi connectivity index (χ1n) is 13.2. The van der Waals surface area contributed by atoms with Crippen molar-refractivity contribution in [1.29, 1.82) is 0 Å². The Labute approximate surface area is 219 Å². The number of aliphatic hydroxyl groups excluding tert-OH is 1. The largest absolute Gasteiger partial charge is 0.400 e. The molecule has 36 heavy (non-hydrogen) atoms. The maximum absolute atomic E-state index is 14.7. The summed E-state index contributed by atoms with van der Waals surface area (Å²) >= 11 is 1.80. The van der Waals surface area contributed by atoms with E-state index >= 15 is 0 Å². The van der Waals surface area contributed by atoms with E-state index in [2.05, 4.69) is 24.8 Å². The molecule has 6 N–H and O–H groups in total. The summed E-state index contributed by atoms with van der Waals surface area (Å²) in [6.45, 7) is 9.16. The van der Waals surface area contributed by atoms with Gasteiger partial charge >= 0.3 is 0 Å². The number of thiophene rings is 1. The molecule has 0 bridgehead atoms. The molecule has 10 heteroatoms. The zero-order chi connectivity index (χ0) is 26.9. The number of piperidine rings is 1. The Hall–Kier alpha value is -1.30. The van der Waals surface area contributed by atoms with Crippen molar-refractivity contribution >= 4 is 11.3 Å². The van der Waals surface area contributed by atoms with Crippen LogP contribution < -0.4 is 11.6 Å². The van der Waals surface area contributed by atoms with E-state index in [9.17, 15) is 19.0 Å². The molecular weight excluding hydrogens is 486 g/mol. The Balaban J connectivity index is 0.00000222. The average molecular weight is 533 g/mol. The van der Waals surface area contributed by atoms with Gasteiger partial charge in [-0.2, -0.15) is 0 Å². The molecule has 1 aromatic rings. The smallest absolute Gasteiger partial charge is 0.294 e. The number of aryl methyl sites for hydroxylation is 1. The van der Waals surface area contributed by atoms with Gasteiger partial charge in [0.15, 0.2) is 0 Å². The van der Waals surface area contributed by atoms with E-state index in [0.29, 0.717) is 24.6 Å². The van der Waals surface area contributed by atoms with Crippen LogP contribution in [0.4, 0.5) is 8.78 Å². The van der Waals surface area contributed by atoms with Gasteiger partial charge in [-0.25, -0.2) is 14.6 Å². The number of halogens is 2. The fourth-order valence-corrected chi connectivity index (χ4v) is 6.22. The van der Waals surface area contributed by atoms with Crippen LogP contribution in [0.3, 0.4) is 0 Å². The van der Waals surface area contributed by atoms with Crippen molar-refractivity contribution in [3.8, 4) is 0 Å². The molecule has 2 fully saturated rings. The number of rotatable bonds is 10. The normalized spacial score (nSPS) is 23.2. The molecule has 0 aliphatic carbocycles. The van der Waals surface area contributed by atoms with E-state index in [1.165, 1.54) is 21.5 Å². The molecule has 2 aliphatic rings. The number of hydrogen-bond donors (Lipinski definition) is 4. The highest BCUT2D eigenvalue weighted by molar-refractivity contribution is 7.12. The first kappa shape index (κ1) is 30.9. The van der Waals surface area contributed by atoms with Crippen molar-refractivity contribution in [3.05, 3.63) is 33.3 Å². The standard InChI is InChI=1S/C24H40F2N4O3S.C2H6/c1-3-20-13-21(22(34-20)5-9-31)18-4-8-29(17(2)12-18)14-19(27)15-30(28)16-24(25,26)23(32)6-10-33-11-7-23;1-2/h13,15,17-18,31-32H,3-12,14,16,27-28H2,1-2H3;1-2H3/b19-15-;. The molecule has 7 nitrogen and oxygen atoms in total. The van der Waals surface area contributed by atoms with Gasteiger partial charge in [0, 0.05) is 73.3 Å². The lowest BCUT2D eigenvalue weighted by Crippen LogP contribution is -2.57. The van der Waals surface area contributed by atoms with Gasteiger partial charge in [-0.1, -0.05) is 20.8 Å². The van der Waals surface area contributed by atoms with Crippen molar-refractivity contribution in [3.63, 3.8) is 0 Å². The van der Waals surface area contributed by atoms with Gasteiger partial charge in [0.25, 0.3) is 5.92 Å². The van der Waals surface area contributed by atoms with E-state index in [1.807, 2.05) is 13.8 Å². The minimum absolute atomic E-state index is 0.106. The zero-order valence-electron chi connectivity index (χ0n) is 22.3. The molecule has 0 aromatic carbocycles. The predicted octanol–water partition coefficient (Wildman–Crippen LogP) is 3.59. The highest BCUT2D eigenvalue weighted by Crippen LogP contribution is 2.38. The van der Waals surface area contributed by atoms with E-state index in [1.54, 1.807) is 11.3 Å². The van der Waals surface area contributed by atoms with Gasteiger partial charge in [0.05, 0.1) is 0 Å². The van der Waals surface area contributed by atoms with Crippen LogP contribution in [0, 0.1) is 0 Å². The number of nitrogens with zero attached hydrogens (tertiary/aromatic N) is 2. The second kappa shape index (κ2) is 14.0. The topological polar surface area (TPSA) is 108 Å². The van der Waals surface area contributed by atoms with E-state index in [4.69, 9.17) is 16.3 Å². The van der Waals surface area contributed by atoms with Gasteiger partial charge in [-0.05, 0) is 50.3 Å². The van der Waals surface area contributed by atoms with Gasteiger partial charge in [-0.3, -0.25) is 4.90 Å². The zero-order valence-corrected chi connectivity index (χ0v) is 23.1. The highest BCUT2D eigenvalue weighted by atomic mass is 32.1. The van der Waals surface area contributed by atoms with Crippen molar-refractivity contribution in [2.45, 2.75) is 89.7 Å². The number of nitrogens with two attached hydrogens (primary N) is 2. The summed E-state index contributed by atoms with van der Waals surface area (Å²) in [5, 5.41) is 20.7. The Bertz CT molecular complexity index is 830. The van der Waals surface area contributed by atoms with Crippen molar-refractivity contribution in [1.82, 2.24) is 9.91 Å². The average Bonchev–Trinajstić information content (AvgIpc) is 3.25. The SMILES string of the molecule is CC.CCc1cc(C2CCN(C/C(N)=C/N(N)CC(F)(F)C3(O)CCOCC3)C(C)C2)c(CCO)s1. The number of hydrogen-bond acceptors (Lipinski definition) is 8. The Morgan fingerprint density at radius 1 is 1.36 bits per heavy atom. The minimum atomic E-state index is -3.38. The maximum Gasteiger partial charge on any atom is 0.294 e. The van der Waals surface area contributed by atoms with Crippen LogP contribution in [-0.2, 0) is 17.6 Å². The van der Waals surface area contributed by atoms with E-state index in [-0.39, 0.29) is 38.7 Å². The fraction of sp³-hybridized carbons (Fsp3) is 0.769. The first-order chi connectivity index (χ1) is 17.1. The summed E-state index contributed by atoms with van der Waals surface area (Å²) in [7, 11) is 0. The third-order valence-electron chi connectivity index (χ3n) is 7.13. The van der Waals surface area contributed by atoms with Gasteiger partial charge in [0.2, 0.25) is 0 Å². The molecule has 0 saturated carbocycles. The molecule has 2 unspecified atom stereocenters. The van der Waals surface area contributed by atoms with Crippen LogP contribution >= 0.6 is 11.3 Å². The summed E-state index contributed by atoms with van der Waals surface area (Å²) in [4.78, 5) is 4.89. The van der Waals surface area contributed by atoms with Crippen molar-refractivity contribution in [2.75, 3.05) is 39.5 Å². The second-order valence-electron chi connectivity index (χ2n) is 9.68. The highest BCUT2D eigenvalue weighted by Gasteiger charge is 2.53. The molecule has 0 amide bonds. The Morgan fingerprint density at radius 2 is 2.03 bits per heavy atom. The monoisotopic (exact) mass is 532 g/mol. The molecular formula is C26H46F2N4O3S. The summed E-state index contributed by atoms with van der Waals surface area (Å²) in [5.41, 5.74) is 5.84. The third kappa shape index (κ3) is 7.85. The molecule has 2 saturated heterocycles. The lowest BCUT2D eigenvalue weighted by molar-refractivity contribution is -0.218. The number of ether oxygens (including phenoxy) is 1. The molecule has 3 rings (SSSR count). The van der Waals surface area contributed by atoms with Crippen LogP contribution in [0.5, 0.6) is 0 Å². The van der Waals surface area contributed by atoms with Gasteiger partial charge in [0.1, 0.15) is 12.1 Å². The quantitative estimate of drug-likeness (QED) is 0.269. The van der Waals surface area contributed by atoms with Crippen molar-refractivity contribution in [2.24, 2.45) is 11.6 Å². The Morgan fingerprint density at radius 3 is 2.61 bits per heavy atom. The second-order valence-corrected chi connectivity index (χ2v) is 10.9. The van der Waals surface area contributed by atoms with Crippen LogP contribution in [0.15, 0.2) is 18.0 Å². The van der Waals surface area contributed by atoms with E-state index in [0.717, 1.165) is 30.8 Å². The molecule has 208 valence electrons. The number of hydrazine groups is 1. The molecule has 3 heterocycles. The molecule has 2 aliphatic heterocycles. The molecule has 2 atom stereocenters. The molecule has 1 aromatic heterocycles. The summed E-state index contributed by atoms with van der Waals surface area (Å²) < 4.78 is 34.5. The first-order valence-corrected chi connectivity index (χ1v) is 14.0. The minimum Gasteiger partial charge on any atom is -0.400 e.